The van der Waals surface area contributed by atoms with E-state index in [4.69, 9.17) is 0 Å². The maximum absolute atomic E-state index is 11.9. The van der Waals surface area contributed by atoms with Crippen LogP contribution in [0, 0.1) is 0 Å². The van der Waals surface area contributed by atoms with Crippen molar-refractivity contribution in [3.05, 3.63) is 0 Å². The quantitative estimate of drug-likeness (QED) is 0.668. The SMILES string of the molecule is CCN(C)C(=O)N1CCSC(C)C1C. The molecule has 4 heteroatoms. The number of nitrogens with zero attached hydrogens (tertiary/aromatic N) is 2. The number of hydrogen-bond acceptors (Lipinski definition) is 2. The highest BCUT2D eigenvalue weighted by Gasteiger charge is 2.29. The van der Waals surface area contributed by atoms with Crippen LogP contribution in [0.15, 0.2) is 0 Å². The van der Waals surface area contributed by atoms with Crippen molar-refractivity contribution >= 4 is 17.8 Å². The standard InChI is InChI=1S/C10H20N2OS/c1-5-11(4)10(13)12-6-7-14-9(3)8(12)2/h8-9H,5-7H2,1-4H3. The van der Waals surface area contributed by atoms with Gasteiger partial charge in [0.2, 0.25) is 0 Å². The Hall–Kier alpha value is -0.380. The van der Waals surface area contributed by atoms with Crippen LogP contribution in [0.4, 0.5) is 4.79 Å². The molecule has 2 atom stereocenters. The van der Waals surface area contributed by atoms with Gasteiger partial charge in [-0.15, -0.1) is 0 Å². The van der Waals surface area contributed by atoms with Gasteiger partial charge in [-0.25, -0.2) is 4.79 Å². The average Bonchev–Trinajstić information content (AvgIpc) is 2.20. The zero-order valence-corrected chi connectivity index (χ0v) is 10.3. The molecule has 0 saturated carbocycles. The van der Waals surface area contributed by atoms with Gasteiger partial charge in [-0.05, 0) is 13.8 Å². The number of amides is 2. The topological polar surface area (TPSA) is 23.6 Å². The average molecular weight is 216 g/mol. The minimum absolute atomic E-state index is 0.173. The number of carbonyl (C=O) groups excluding carboxylic acids is 1. The molecule has 0 spiro atoms. The molecule has 0 bridgehead atoms. The highest BCUT2D eigenvalue weighted by Crippen LogP contribution is 2.24. The summed E-state index contributed by atoms with van der Waals surface area (Å²) < 4.78 is 0. The lowest BCUT2D eigenvalue weighted by molar-refractivity contribution is 0.149. The Labute approximate surface area is 90.8 Å². The molecule has 1 aliphatic heterocycles. The van der Waals surface area contributed by atoms with Gasteiger partial charge in [0, 0.05) is 37.2 Å². The molecule has 1 heterocycles. The molecule has 1 fully saturated rings. The van der Waals surface area contributed by atoms with E-state index >= 15 is 0 Å². The molecular formula is C10H20N2OS. The van der Waals surface area contributed by atoms with Crippen LogP contribution in [0.2, 0.25) is 0 Å². The van der Waals surface area contributed by atoms with Crippen molar-refractivity contribution in [2.75, 3.05) is 25.9 Å². The van der Waals surface area contributed by atoms with Crippen molar-refractivity contribution in [2.45, 2.75) is 32.1 Å². The van der Waals surface area contributed by atoms with E-state index in [0.717, 1.165) is 18.8 Å². The van der Waals surface area contributed by atoms with Crippen LogP contribution in [0.25, 0.3) is 0 Å². The highest BCUT2D eigenvalue weighted by atomic mass is 32.2. The first-order chi connectivity index (χ1) is 6.57. The van der Waals surface area contributed by atoms with Crippen LogP contribution >= 0.6 is 11.8 Å². The summed E-state index contributed by atoms with van der Waals surface area (Å²) in [6, 6.07) is 0.530. The molecule has 0 aromatic carbocycles. The molecule has 0 N–H and O–H groups in total. The monoisotopic (exact) mass is 216 g/mol. The molecular weight excluding hydrogens is 196 g/mol. The van der Waals surface area contributed by atoms with Crippen LogP contribution in [0.3, 0.4) is 0 Å². The maximum atomic E-state index is 11.9. The number of urea groups is 1. The minimum Gasteiger partial charge on any atom is -0.328 e. The first kappa shape index (κ1) is 11.7. The summed E-state index contributed by atoms with van der Waals surface area (Å²) in [5, 5.41) is 0.554. The molecule has 3 nitrogen and oxygen atoms in total. The first-order valence-electron chi connectivity index (χ1n) is 5.21. The Morgan fingerprint density at radius 2 is 2.21 bits per heavy atom. The Morgan fingerprint density at radius 3 is 2.79 bits per heavy atom. The zero-order chi connectivity index (χ0) is 10.7. The summed E-state index contributed by atoms with van der Waals surface area (Å²) in [6.07, 6.45) is 0. The van der Waals surface area contributed by atoms with Crippen molar-refractivity contribution in [1.82, 2.24) is 9.80 Å². The number of hydrogen-bond donors (Lipinski definition) is 0. The van der Waals surface area contributed by atoms with Gasteiger partial charge >= 0.3 is 6.03 Å². The van der Waals surface area contributed by atoms with E-state index in [1.54, 1.807) is 4.90 Å². The maximum Gasteiger partial charge on any atom is 0.320 e. The summed E-state index contributed by atoms with van der Waals surface area (Å²) in [7, 11) is 1.86. The van der Waals surface area contributed by atoms with E-state index < -0.39 is 0 Å². The van der Waals surface area contributed by atoms with E-state index in [0.29, 0.717) is 11.3 Å². The van der Waals surface area contributed by atoms with Gasteiger partial charge in [-0.1, -0.05) is 6.92 Å². The van der Waals surface area contributed by atoms with Gasteiger partial charge in [0.05, 0.1) is 0 Å². The summed E-state index contributed by atoms with van der Waals surface area (Å²) in [5.41, 5.74) is 0. The first-order valence-corrected chi connectivity index (χ1v) is 6.26. The minimum atomic E-state index is 0.173. The van der Waals surface area contributed by atoms with E-state index in [1.165, 1.54) is 0 Å². The second-order valence-corrected chi connectivity index (χ2v) is 5.29. The fourth-order valence-corrected chi connectivity index (χ4v) is 2.66. The van der Waals surface area contributed by atoms with E-state index in [2.05, 4.69) is 13.8 Å². The Morgan fingerprint density at radius 1 is 1.57 bits per heavy atom. The van der Waals surface area contributed by atoms with Gasteiger partial charge < -0.3 is 9.80 Å². The van der Waals surface area contributed by atoms with Crippen LogP contribution in [-0.2, 0) is 0 Å². The molecule has 14 heavy (non-hydrogen) atoms. The second-order valence-electron chi connectivity index (χ2n) is 3.81. The van der Waals surface area contributed by atoms with Gasteiger partial charge in [-0.2, -0.15) is 11.8 Å². The predicted octanol–water partition coefficient (Wildman–Crippen LogP) is 1.88. The van der Waals surface area contributed by atoms with E-state index in [-0.39, 0.29) is 6.03 Å². The summed E-state index contributed by atoms with van der Waals surface area (Å²) in [5.74, 6) is 1.06. The predicted molar refractivity (Wildman–Crippen MR) is 61.8 cm³/mol. The van der Waals surface area contributed by atoms with Crippen LogP contribution in [0.5, 0.6) is 0 Å². The largest absolute Gasteiger partial charge is 0.328 e. The molecule has 2 amide bonds. The van der Waals surface area contributed by atoms with Crippen molar-refractivity contribution in [3.63, 3.8) is 0 Å². The van der Waals surface area contributed by atoms with Crippen molar-refractivity contribution in [2.24, 2.45) is 0 Å². The summed E-state index contributed by atoms with van der Waals surface area (Å²) in [4.78, 5) is 15.7. The lowest BCUT2D eigenvalue weighted by atomic mass is 10.2. The van der Waals surface area contributed by atoms with Crippen LogP contribution in [0.1, 0.15) is 20.8 Å². The van der Waals surface area contributed by atoms with Crippen molar-refractivity contribution < 1.29 is 4.79 Å². The number of carbonyl (C=O) groups is 1. The van der Waals surface area contributed by atoms with Gasteiger partial charge in [0.15, 0.2) is 0 Å². The lowest BCUT2D eigenvalue weighted by Crippen LogP contribution is -2.52. The normalized spacial score (nSPS) is 27.6. The highest BCUT2D eigenvalue weighted by molar-refractivity contribution is 8.00. The van der Waals surface area contributed by atoms with E-state index in [1.807, 2.05) is 30.6 Å². The smallest absolute Gasteiger partial charge is 0.320 e. The second kappa shape index (κ2) is 4.91. The molecule has 2 unspecified atom stereocenters. The fourth-order valence-electron chi connectivity index (χ4n) is 1.56. The third-order valence-corrected chi connectivity index (χ3v) is 4.27. The van der Waals surface area contributed by atoms with E-state index in [9.17, 15) is 4.79 Å². The Balaban J connectivity index is 2.62. The Kier molecular flexibility index (Phi) is 4.11. The zero-order valence-electron chi connectivity index (χ0n) is 9.49. The summed E-state index contributed by atoms with van der Waals surface area (Å²) in [6.45, 7) is 8.01. The van der Waals surface area contributed by atoms with Gasteiger partial charge in [-0.3, -0.25) is 0 Å². The number of rotatable bonds is 1. The third-order valence-electron chi connectivity index (χ3n) is 2.93. The molecule has 0 aromatic rings. The molecule has 0 aliphatic carbocycles. The van der Waals surface area contributed by atoms with Gasteiger partial charge in [0.25, 0.3) is 0 Å². The molecule has 1 aliphatic rings. The summed E-state index contributed by atoms with van der Waals surface area (Å²) >= 11 is 1.95. The van der Waals surface area contributed by atoms with Crippen molar-refractivity contribution in [3.8, 4) is 0 Å². The molecule has 0 aromatic heterocycles. The van der Waals surface area contributed by atoms with Crippen LogP contribution in [-0.4, -0.2) is 53.0 Å². The van der Waals surface area contributed by atoms with Crippen molar-refractivity contribution in [1.29, 1.82) is 0 Å². The third kappa shape index (κ3) is 2.35. The molecule has 0 radical (unpaired) electrons. The fraction of sp³-hybridized carbons (Fsp3) is 0.900. The molecule has 1 rings (SSSR count). The molecule has 82 valence electrons. The number of thioether (sulfide) groups is 1. The van der Waals surface area contributed by atoms with Crippen LogP contribution < -0.4 is 0 Å². The Bertz CT molecular complexity index is 210. The molecule has 1 saturated heterocycles. The lowest BCUT2D eigenvalue weighted by Gasteiger charge is -2.39. The van der Waals surface area contributed by atoms with Gasteiger partial charge in [0.1, 0.15) is 0 Å².